The number of anilines is 1. The quantitative estimate of drug-likeness (QED) is 0.696. The third-order valence-corrected chi connectivity index (χ3v) is 5.70. The minimum Gasteiger partial charge on any atom is -0.401 e. The highest BCUT2D eigenvalue weighted by atomic mass is 32.2. The Kier molecular flexibility index (Phi) is 4.81. The van der Waals surface area contributed by atoms with Gasteiger partial charge in [0.05, 0.1) is 4.90 Å². The van der Waals surface area contributed by atoms with Gasteiger partial charge >= 0.3 is 6.01 Å². The van der Waals surface area contributed by atoms with Gasteiger partial charge < -0.3 is 4.42 Å². The predicted molar refractivity (Wildman–Crippen MR) is 96.5 cm³/mol. The second kappa shape index (κ2) is 6.93. The van der Waals surface area contributed by atoms with Crippen molar-refractivity contribution in [2.75, 3.05) is 19.4 Å². The lowest BCUT2D eigenvalue weighted by atomic mass is 10.2. The largest absolute Gasteiger partial charge is 0.401 e. The second-order valence-electron chi connectivity index (χ2n) is 5.97. The zero-order valence-corrected chi connectivity index (χ0v) is 16.0. The molecule has 2 heterocycles. The monoisotopic (exact) mass is 390 g/mol. The minimum atomic E-state index is -3.56. The number of aromatic nitrogens is 4. The average molecular weight is 390 g/mol. The number of carbonyl (C=O) groups excluding carboxylic acids is 1. The van der Waals surface area contributed by atoms with Gasteiger partial charge in [-0.2, -0.15) is 5.10 Å². The van der Waals surface area contributed by atoms with Crippen molar-refractivity contribution in [1.82, 2.24) is 24.3 Å². The Morgan fingerprint density at radius 3 is 2.41 bits per heavy atom. The Hall–Kier alpha value is -3.05. The molecular weight excluding hydrogens is 372 g/mol. The van der Waals surface area contributed by atoms with Crippen LogP contribution < -0.4 is 5.32 Å². The van der Waals surface area contributed by atoms with E-state index < -0.39 is 15.9 Å². The third kappa shape index (κ3) is 3.73. The van der Waals surface area contributed by atoms with Gasteiger partial charge in [0.1, 0.15) is 5.69 Å². The van der Waals surface area contributed by atoms with Crippen molar-refractivity contribution < 1.29 is 17.6 Å². The lowest BCUT2D eigenvalue weighted by molar-refractivity contribution is 0.102. The van der Waals surface area contributed by atoms with Crippen LogP contribution in [0.3, 0.4) is 0 Å². The summed E-state index contributed by atoms with van der Waals surface area (Å²) in [4.78, 5) is 12.4. The Bertz CT molecular complexity index is 1060. The van der Waals surface area contributed by atoms with Crippen molar-refractivity contribution in [3.05, 3.63) is 41.6 Å². The first kappa shape index (κ1) is 18.7. The van der Waals surface area contributed by atoms with Crippen molar-refractivity contribution >= 4 is 21.9 Å². The van der Waals surface area contributed by atoms with E-state index in [-0.39, 0.29) is 22.4 Å². The fraction of sp³-hybridized carbons (Fsp3) is 0.250. The fourth-order valence-electron chi connectivity index (χ4n) is 2.20. The van der Waals surface area contributed by atoms with Crippen molar-refractivity contribution in [2.45, 2.75) is 11.8 Å². The van der Waals surface area contributed by atoms with Crippen LogP contribution in [0.2, 0.25) is 0 Å². The number of sulfonamides is 1. The van der Waals surface area contributed by atoms with Crippen LogP contribution in [-0.2, 0) is 17.1 Å². The number of aryl methyl sites for hydroxylation is 2. The average Bonchev–Trinajstić information content (AvgIpc) is 3.21. The topological polar surface area (TPSA) is 123 Å². The fourth-order valence-corrected chi connectivity index (χ4v) is 3.10. The molecule has 142 valence electrons. The third-order valence-electron chi connectivity index (χ3n) is 3.87. The van der Waals surface area contributed by atoms with E-state index in [1.807, 2.05) is 6.92 Å². The maximum atomic E-state index is 12.3. The zero-order valence-electron chi connectivity index (χ0n) is 15.2. The Morgan fingerprint density at radius 1 is 1.19 bits per heavy atom. The Balaban J connectivity index is 1.74. The van der Waals surface area contributed by atoms with Crippen molar-refractivity contribution in [1.29, 1.82) is 0 Å². The molecule has 3 rings (SSSR count). The predicted octanol–water partition coefficient (Wildman–Crippen LogP) is 1.28. The molecule has 0 radical (unpaired) electrons. The molecule has 0 aliphatic rings. The SMILES string of the molecule is Cc1cc(-c2nnc(NC(=O)c3ccc(S(=O)(=O)N(C)C)cc3)o2)nn1C. The highest BCUT2D eigenvalue weighted by molar-refractivity contribution is 7.89. The van der Waals surface area contributed by atoms with Gasteiger partial charge in [0.25, 0.3) is 11.8 Å². The van der Waals surface area contributed by atoms with Crippen molar-refractivity contribution in [3.8, 4) is 11.6 Å². The molecule has 0 aliphatic carbocycles. The van der Waals surface area contributed by atoms with Gasteiger partial charge in [0, 0.05) is 32.4 Å². The Morgan fingerprint density at radius 2 is 1.85 bits per heavy atom. The first-order valence-corrected chi connectivity index (χ1v) is 9.31. The van der Waals surface area contributed by atoms with Gasteiger partial charge in [-0.15, -0.1) is 5.10 Å². The number of rotatable bonds is 5. The molecule has 3 aromatic rings. The van der Waals surface area contributed by atoms with E-state index in [0.717, 1.165) is 10.00 Å². The summed E-state index contributed by atoms with van der Waals surface area (Å²) in [6.45, 7) is 1.88. The molecule has 27 heavy (non-hydrogen) atoms. The van der Waals surface area contributed by atoms with Gasteiger partial charge in [-0.1, -0.05) is 5.10 Å². The summed E-state index contributed by atoms with van der Waals surface area (Å²) in [6.07, 6.45) is 0. The Labute approximate surface area is 155 Å². The lowest BCUT2D eigenvalue weighted by Crippen LogP contribution is -2.22. The zero-order chi connectivity index (χ0) is 19.8. The first-order valence-electron chi connectivity index (χ1n) is 7.87. The molecule has 11 heteroatoms. The lowest BCUT2D eigenvalue weighted by Gasteiger charge is -2.11. The molecule has 0 unspecified atom stereocenters. The maximum absolute atomic E-state index is 12.3. The summed E-state index contributed by atoms with van der Waals surface area (Å²) in [5, 5.41) is 14.3. The van der Waals surface area contributed by atoms with Gasteiger partial charge in [0.2, 0.25) is 10.0 Å². The molecule has 2 aromatic heterocycles. The van der Waals surface area contributed by atoms with Gasteiger partial charge in [0.15, 0.2) is 0 Å². The van der Waals surface area contributed by atoms with Gasteiger partial charge in [-0.25, -0.2) is 12.7 Å². The molecule has 1 amide bonds. The first-order chi connectivity index (χ1) is 12.7. The van der Waals surface area contributed by atoms with Crippen LogP contribution in [0.25, 0.3) is 11.6 Å². The molecule has 0 saturated carbocycles. The van der Waals surface area contributed by atoms with Crippen molar-refractivity contribution in [2.24, 2.45) is 7.05 Å². The molecule has 0 saturated heterocycles. The standard InChI is InChI=1S/C16H18N6O4S/c1-10-9-13(20-22(10)4)15-18-19-16(26-15)17-14(23)11-5-7-12(8-6-11)27(24,25)21(2)3/h5-9H,1-4H3,(H,17,19,23). The molecule has 0 atom stereocenters. The number of hydrogen-bond donors (Lipinski definition) is 1. The molecule has 0 fully saturated rings. The highest BCUT2D eigenvalue weighted by Crippen LogP contribution is 2.20. The molecule has 1 N–H and O–H groups in total. The number of nitrogens with one attached hydrogen (secondary N) is 1. The molecule has 0 spiro atoms. The summed E-state index contributed by atoms with van der Waals surface area (Å²) >= 11 is 0. The molecule has 10 nitrogen and oxygen atoms in total. The summed E-state index contributed by atoms with van der Waals surface area (Å²) in [6, 6.07) is 7.24. The summed E-state index contributed by atoms with van der Waals surface area (Å²) < 4.78 is 32.3. The molecule has 0 bridgehead atoms. The summed E-state index contributed by atoms with van der Waals surface area (Å²) in [7, 11) is 1.11. The van der Waals surface area contributed by atoms with Crippen molar-refractivity contribution in [3.63, 3.8) is 0 Å². The van der Waals surface area contributed by atoms with E-state index in [4.69, 9.17) is 4.42 Å². The maximum Gasteiger partial charge on any atom is 0.322 e. The van der Waals surface area contributed by atoms with Crippen LogP contribution in [0.4, 0.5) is 6.01 Å². The smallest absolute Gasteiger partial charge is 0.322 e. The van der Waals surface area contributed by atoms with Gasteiger partial charge in [-0.05, 0) is 37.3 Å². The number of amides is 1. The highest BCUT2D eigenvalue weighted by Gasteiger charge is 2.19. The summed E-state index contributed by atoms with van der Waals surface area (Å²) in [5.41, 5.74) is 1.67. The molecule has 1 aromatic carbocycles. The normalized spacial score (nSPS) is 11.7. The number of nitrogens with zero attached hydrogens (tertiary/aromatic N) is 5. The van der Waals surface area contributed by atoms with E-state index in [2.05, 4.69) is 20.6 Å². The van der Waals surface area contributed by atoms with E-state index in [1.54, 1.807) is 17.8 Å². The van der Waals surface area contributed by atoms with E-state index in [0.29, 0.717) is 5.69 Å². The summed E-state index contributed by atoms with van der Waals surface area (Å²) in [5.74, 6) is -0.322. The van der Waals surface area contributed by atoms with E-state index >= 15 is 0 Å². The minimum absolute atomic E-state index is 0.0803. The van der Waals surface area contributed by atoms with Crippen LogP contribution >= 0.6 is 0 Å². The van der Waals surface area contributed by atoms with Crippen LogP contribution in [0.5, 0.6) is 0 Å². The van der Waals surface area contributed by atoms with Crippen LogP contribution in [-0.4, -0.2) is 52.7 Å². The second-order valence-corrected chi connectivity index (χ2v) is 8.12. The van der Waals surface area contributed by atoms with E-state index in [9.17, 15) is 13.2 Å². The number of benzene rings is 1. The number of hydrogen-bond acceptors (Lipinski definition) is 7. The molecule has 0 aliphatic heterocycles. The van der Waals surface area contributed by atoms with Crippen LogP contribution in [0, 0.1) is 6.92 Å². The van der Waals surface area contributed by atoms with Crippen LogP contribution in [0.15, 0.2) is 39.6 Å². The van der Waals surface area contributed by atoms with Crippen LogP contribution in [0.1, 0.15) is 16.1 Å². The van der Waals surface area contributed by atoms with Gasteiger partial charge in [-0.3, -0.25) is 14.8 Å². The number of carbonyl (C=O) groups is 1. The molecular formula is C16H18N6O4S. The van der Waals surface area contributed by atoms with E-state index in [1.165, 1.54) is 38.4 Å².